The van der Waals surface area contributed by atoms with Crippen LogP contribution in [0.1, 0.15) is 28.4 Å². The predicted octanol–water partition coefficient (Wildman–Crippen LogP) is 3.28. The van der Waals surface area contributed by atoms with Gasteiger partial charge in [0.05, 0.1) is 18.9 Å². The smallest absolute Gasteiger partial charge is 0.271 e. The van der Waals surface area contributed by atoms with E-state index < -0.39 is 0 Å². The fraction of sp³-hybridized carbons (Fsp3) is 0.300. The zero-order valence-corrected chi connectivity index (χ0v) is 16.9. The summed E-state index contributed by atoms with van der Waals surface area (Å²) in [5.41, 5.74) is 6.22. The highest BCUT2D eigenvalue weighted by atomic mass is 127. The first kappa shape index (κ1) is 19.0. The van der Waals surface area contributed by atoms with E-state index in [4.69, 9.17) is 4.74 Å². The number of ether oxygens (including phenoxy) is 1. The molecule has 6 heteroatoms. The van der Waals surface area contributed by atoms with Gasteiger partial charge in [-0.2, -0.15) is 5.10 Å². The van der Waals surface area contributed by atoms with Crippen LogP contribution in [0.25, 0.3) is 0 Å². The average molecular weight is 463 g/mol. The molecular weight excluding hydrogens is 441 g/mol. The van der Waals surface area contributed by atoms with Gasteiger partial charge in [0, 0.05) is 28.8 Å². The normalized spacial score (nSPS) is 15.7. The Morgan fingerprint density at radius 1 is 1.15 bits per heavy atom. The Morgan fingerprint density at radius 3 is 2.58 bits per heavy atom. The van der Waals surface area contributed by atoms with Crippen LogP contribution in [0.5, 0.6) is 0 Å². The molecule has 1 amide bonds. The first-order valence-electron chi connectivity index (χ1n) is 8.61. The van der Waals surface area contributed by atoms with Crippen LogP contribution in [-0.2, 0) is 11.3 Å². The molecule has 5 nitrogen and oxygen atoms in total. The Hall–Kier alpha value is -1.77. The molecule has 0 atom stereocenters. The van der Waals surface area contributed by atoms with Crippen LogP contribution >= 0.6 is 22.6 Å². The number of nitrogens with zero attached hydrogens (tertiary/aromatic N) is 2. The van der Waals surface area contributed by atoms with E-state index in [1.54, 1.807) is 0 Å². The molecule has 26 heavy (non-hydrogen) atoms. The monoisotopic (exact) mass is 463 g/mol. The Kier molecular flexibility index (Phi) is 6.76. The predicted molar refractivity (Wildman–Crippen MR) is 111 cm³/mol. The molecular formula is C20H22IN3O2. The van der Waals surface area contributed by atoms with Gasteiger partial charge >= 0.3 is 0 Å². The minimum atomic E-state index is -0.201. The number of benzene rings is 2. The van der Waals surface area contributed by atoms with E-state index in [1.807, 2.05) is 55.5 Å². The second-order valence-electron chi connectivity index (χ2n) is 6.23. The topological polar surface area (TPSA) is 53.9 Å². The third-order valence-corrected chi connectivity index (χ3v) is 4.96. The number of carbonyl (C=O) groups is 1. The number of rotatable bonds is 5. The fourth-order valence-corrected chi connectivity index (χ4v) is 3.30. The number of nitrogens with one attached hydrogen (secondary N) is 1. The zero-order valence-electron chi connectivity index (χ0n) is 14.7. The minimum Gasteiger partial charge on any atom is -0.379 e. The van der Waals surface area contributed by atoms with Gasteiger partial charge in [0.2, 0.25) is 0 Å². The summed E-state index contributed by atoms with van der Waals surface area (Å²) < 4.78 is 6.50. The molecule has 2 aromatic rings. The van der Waals surface area contributed by atoms with Crippen LogP contribution < -0.4 is 5.43 Å². The van der Waals surface area contributed by atoms with Crippen molar-refractivity contribution in [3.63, 3.8) is 0 Å². The number of amides is 1. The fourth-order valence-electron chi connectivity index (χ4n) is 2.76. The highest BCUT2D eigenvalue weighted by molar-refractivity contribution is 14.1. The molecule has 1 fully saturated rings. The van der Waals surface area contributed by atoms with Crippen molar-refractivity contribution in [3.05, 3.63) is 68.8 Å². The lowest BCUT2D eigenvalue weighted by molar-refractivity contribution is 0.0342. The van der Waals surface area contributed by atoms with E-state index in [0.717, 1.165) is 47.7 Å². The lowest BCUT2D eigenvalue weighted by Crippen LogP contribution is -2.35. The van der Waals surface area contributed by atoms with Gasteiger partial charge in [-0.05, 0) is 64.9 Å². The van der Waals surface area contributed by atoms with Gasteiger partial charge < -0.3 is 4.74 Å². The lowest BCUT2D eigenvalue weighted by Gasteiger charge is -2.26. The van der Waals surface area contributed by atoms with E-state index in [2.05, 4.69) is 38.0 Å². The Bertz CT molecular complexity index is 784. The molecule has 1 aliphatic heterocycles. The van der Waals surface area contributed by atoms with Crippen molar-refractivity contribution in [3.8, 4) is 0 Å². The van der Waals surface area contributed by atoms with Crippen molar-refractivity contribution < 1.29 is 9.53 Å². The number of halogens is 1. The molecule has 0 unspecified atom stereocenters. The highest BCUT2D eigenvalue weighted by Gasteiger charge is 2.11. The maximum atomic E-state index is 12.3. The SMILES string of the molecule is C/C(=N/NC(=O)c1ccc(CN2CCOCC2)cc1)c1cccc(I)c1. The van der Waals surface area contributed by atoms with Crippen LogP contribution in [0.15, 0.2) is 53.6 Å². The Balaban J connectivity index is 1.58. The van der Waals surface area contributed by atoms with Gasteiger partial charge in [0.15, 0.2) is 0 Å². The van der Waals surface area contributed by atoms with Crippen molar-refractivity contribution >= 4 is 34.2 Å². The van der Waals surface area contributed by atoms with E-state index in [9.17, 15) is 4.79 Å². The number of carbonyl (C=O) groups excluding carboxylic acids is 1. The van der Waals surface area contributed by atoms with Gasteiger partial charge in [0.1, 0.15) is 0 Å². The summed E-state index contributed by atoms with van der Waals surface area (Å²) in [5.74, 6) is -0.201. The van der Waals surface area contributed by atoms with E-state index >= 15 is 0 Å². The van der Waals surface area contributed by atoms with Crippen molar-refractivity contribution in [2.75, 3.05) is 26.3 Å². The van der Waals surface area contributed by atoms with Crippen LogP contribution in [0.3, 0.4) is 0 Å². The molecule has 0 aliphatic carbocycles. The summed E-state index contributed by atoms with van der Waals surface area (Å²) in [6, 6.07) is 15.7. The molecule has 3 rings (SSSR count). The molecule has 2 aromatic carbocycles. The van der Waals surface area contributed by atoms with Crippen molar-refractivity contribution in [2.45, 2.75) is 13.5 Å². The number of hydrogen-bond acceptors (Lipinski definition) is 4. The molecule has 1 aliphatic rings. The molecule has 1 saturated heterocycles. The highest BCUT2D eigenvalue weighted by Crippen LogP contribution is 2.10. The average Bonchev–Trinajstić information content (AvgIpc) is 2.67. The molecule has 136 valence electrons. The summed E-state index contributed by atoms with van der Waals surface area (Å²) in [5, 5.41) is 4.22. The Morgan fingerprint density at radius 2 is 1.88 bits per heavy atom. The third-order valence-electron chi connectivity index (χ3n) is 4.29. The quantitative estimate of drug-likeness (QED) is 0.421. The molecule has 0 spiro atoms. The standard InChI is InChI=1S/C20H22IN3O2/c1-15(18-3-2-4-19(21)13-18)22-23-20(25)17-7-5-16(6-8-17)14-24-9-11-26-12-10-24/h2-8,13H,9-12,14H2,1H3,(H,23,25)/b22-15-. The Labute approximate surface area is 167 Å². The summed E-state index contributed by atoms with van der Waals surface area (Å²) in [7, 11) is 0. The van der Waals surface area contributed by atoms with Crippen molar-refractivity contribution in [1.29, 1.82) is 0 Å². The molecule has 0 aromatic heterocycles. The summed E-state index contributed by atoms with van der Waals surface area (Å²) in [4.78, 5) is 14.7. The summed E-state index contributed by atoms with van der Waals surface area (Å²) in [6.45, 7) is 6.26. The van der Waals surface area contributed by atoms with Crippen LogP contribution in [0.4, 0.5) is 0 Å². The lowest BCUT2D eigenvalue weighted by atomic mass is 10.1. The number of morpholine rings is 1. The van der Waals surface area contributed by atoms with Crippen LogP contribution in [-0.4, -0.2) is 42.8 Å². The molecule has 1 N–H and O–H groups in total. The van der Waals surface area contributed by atoms with E-state index in [1.165, 1.54) is 5.56 Å². The second kappa shape index (κ2) is 9.25. The van der Waals surface area contributed by atoms with Crippen molar-refractivity contribution in [1.82, 2.24) is 10.3 Å². The molecule has 0 bridgehead atoms. The third kappa shape index (κ3) is 5.36. The molecule has 0 saturated carbocycles. The second-order valence-corrected chi connectivity index (χ2v) is 7.48. The molecule has 1 heterocycles. The van der Waals surface area contributed by atoms with Gasteiger partial charge in [0.25, 0.3) is 5.91 Å². The minimum absolute atomic E-state index is 0.201. The van der Waals surface area contributed by atoms with Gasteiger partial charge in [-0.15, -0.1) is 0 Å². The maximum absolute atomic E-state index is 12.3. The van der Waals surface area contributed by atoms with Gasteiger partial charge in [-0.3, -0.25) is 9.69 Å². The van der Waals surface area contributed by atoms with Crippen molar-refractivity contribution in [2.24, 2.45) is 5.10 Å². The summed E-state index contributed by atoms with van der Waals surface area (Å²) >= 11 is 2.26. The van der Waals surface area contributed by atoms with E-state index in [-0.39, 0.29) is 5.91 Å². The zero-order chi connectivity index (χ0) is 18.4. The first-order chi connectivity index (χ1) is 12.6. The number of hydrazone groups is 1. The molecule has 0 radical (unpaired) electrons. The summed E-state index contributed by atoms with van der Waals surface area (Å²) in [6.07, 6.45) is 0. The van der Waals surface area contributed by atoms with Crippen LogP contribution in [0.2, 0.25) is 0 Å². The maximum Gasteiger partial charge on any atom is 0.271 e. The van der Waals surface area contributed by atoms with Gasteiger partial charge in [-0.25, -0.2) is 5.43 Å². The van der Waals surface area contributed by atoms with E-state index in [0.29, 0.717) is 5.56 Å². The largest absolute Gasteiger partial charge is 0.379 e. The van der Waals surface area contributed by atoms with Gasteiger partial charge in [-0.1, -0.05) is 24.3 Å². The van der Waals surface area contributed by atoms with Crippen LogP contribution in [0, 0.1) is 3.57 Å². The first-order valence-corrected chi connectivity index (χ1v) is 9.69. The number of hydrogen-bond donors (Lipinski definition) is 1.